The number of nitrogens with zero attached hydrogens (tertiary/aromatic N) is 3. The molecule has 0 bridgehead atoms. The second-order valence-corrected chi connectivity index (χ2v) is 6.48. The second-order valence-electron chi connectivity index (χ2n) is 6.48. The molecule has 6 nitrogen and oxygen atoms in total. The van der Waals surface area contributed by atoms with Gasteiger partial charge in [0, 0.05) is 51.7 Å². The van der Waals surface area contributed by atoms with Crippen molar-refractivity contribution in [2.24, 2.45) is 11.8 Å². The Bertz CT molecular complexity index is 531. The number of anilines is 1. The van der Waals surface area contributed by atoms with E-state index in [-0.39, 0.29) is 5.92 Å². The summed E-state index contributed by atoms with van der Waals surface area (Å²) in [6, 6.07) is 0. The van der Waals surface area contributed by atoms with Gasteiger partial charge in [-0.2, -0.15) is 0 Å². The average Bonchev–Trinajstić information content (AvgIpc) is 2.62. The van der Waals surface area contributed by atoms with Gasteiger partial charge in [0.2, 0.25) is 5.91 Å². The van der Waals surface area contributed by atoms with Crippen LogP contribution in [0.15, 0.2) is 12.4 Å². The first-order valence-electron chi connectivity index (χ1n) is 8.62. The fourth-order valence-electron chi connectivity index (χ4n) is 3.63. The monoisotopic (exact) mass is 318 g/mol. The maximum atomic E-state index is 12.7. The van der Waals surface area contributed by atoms with Crippen LogP contribution in [0.3, 0.4) is 0 Å². The Morgan fingerprint density at radius 1 is 1.30 bits per heavy atom. The van der Waals surface area contributed by atoms with Gasteiger partial charge in [-0.15, -0.1) is 0 Å². The Morgan fingerprint density at radius 3 is 2.87 bits per heavy atom. The Hall–Kier alpha value is -1.69. The van der Waals surface area contributed by atoms with Crippen LogP contribution in [-0.2, 0) is 16.0 Å². The lowest BCUT2D eigenvalue weighted by molar-refractivity contribution is -0.140. The first kappa shape index (κ1) is 16.2. The highest BCUT2D eigenvalue weighted by Gasteiger charge is 2.30. The van der Waals surface area contributed by atoms with Crippen LogP contribution in [-0.4, -0.2) is 54.1 Å². The highest BCUT2D eigenvalue weighted by atomic mass is 16.5. The molecule has 2 aliphatic rings. The van der Waals surface area contributed by atoms with Crippen LogP contribution in [0.1, 0.15) is 31.4 Å². The number of carbonyl (C=O) groups excluding carboxylic acids is 1. The van der Waals surface area contributed by atoms with E-state index in [2.05, 4.69) is 20.2 Å². The van der Waals surface area contributed by atoms with Crippen molar-refractivity contribution in [3.8, 4) is 0 Å². The van der Waals surface area contributed by atoms with Gasteiger partial charge < -0.3 is 15.0 Å². The molecule has 0 aromatic carbocycles. The molecule has 6 heteroatoms. The lowest BCUT2D eigenvalue weighted by atomic mass is 9.91. The first-order chi connectivity index (χ1) is 11.3. The van der Waals surface area contributed by atoms with E-state index < -0.39 is 0 Å². The summed E-state index contributed by atoms with van der Waals surface area (Å²) in [5, 5.41) is 3.10. The Kier molecular flexibility index (Phi) is 5.43. The third kappa shape index (κ3) is 3.99. The standard InChI is InChI=1S/C17H26N4O2/c1-18-16-15(19-6-7-20-16)11-13-3-2-8-21(12-13)17(22)14-4-9-23-10-5-14/h6-7,13-14H,2-5,8-12H2,1H3,(H,18,20). The predicted octanol–water partition coefficient (Wildman–Crippen LogP) is 1.73. The molecule has 1 unspecified atom stereocenters. The van der Waals surface area contributed by atoms with Crippen LogP contribution in [0.2, 0.25) is 0 Å². The maximum Gasteiger partial charge on any atom is 0.225 e. The van der Waals surface area contributed by atoms with Crippen LogP contribution in [0, 0.1) is 11.8 Å². The van der Waals surface area contributed by atoms with Crippen LogP contribution in [0.4, 0.5) is 5.82 Å². The number of hydrogen-bond acceptors (Lipinski definition) is 5. The topological polar surface area (TPSA) is 67.4 Å². The van der Waals surface area contributed by atoms with Gasteiger partial charge in [0.1, 0.15) is 5.82 Å². The van der Waals surface area contributed by atoms with Crippen LogP contribution < -0.4 is 5.32 Å². The molecule has 0 radical (unpaired) electrons. The Morgan fingerprint density at radius 2 is 2.09 bits per heavy atom. The number of carbonyl (C=O) groups is 1. The Labute approximate surface area is 137 Å². The minimum atomic E-state index is 0.159. The number of ether oxygens (including phenoxy) is 1. The quantitative estimate of drug-likeness (QED) is 0.916. The summed E-state index contributed by atoms with van der Waals surface area (Å²) in [6.45, 7) is 3.18. The number of hydrogen-bond donors (Lipinski definition) is 1. The second kappa shape index (κ2) is 7.73. The van der Waals surface area contributed by atoms with Crippen molar-refractivity contribution in [2.45, 2.75) is 32.1 Å². The lowest BCUT2D eigenvalue weighted by Crippen LogP contribution is -2.44. The molecule has 0 saturated carbocycles. The zero-order valence-electron chi connectivity index (χ0n) is 13.8. The van der Waals surface area contributed by atoms with Crippen molar-refractivity contribution >= 4 is 11.7 Å². The van der Waals surface area contributed by atoms with E-state index in [0.717, 1.165) is 69.9 Å². The van der Waals surface area contributed by atoms with Gasteiger partial charge in [0.15, 0.2) is 0 Å². The highest BCUT2D eigenvalue weighted by Crippen LogP contribution is 2.25. The molecule has 1 aromatic heterocycles. The number of amides is 1. The number of nitrogens with one attached hydrogen (secondary N) is 1. The molecule has 2 saturated heterocycles. The summed E-state index contributed by atoms with van der Waals surface area (Å²) in [7, 11) is 1.87. The number of aromatic nitrogens is 2. The van der Waals surface area contributed by atoms with Gasteiger partial charge in [-0.05, 0) is 38.0 Å². The fourth-order valence-corrected chi connectivity index (χ4v) is 3.63. The molecule has 3 heterocycles. The molecule has 2 aliphatic heterocycles. The van der Waals surface area contributed by atoms with Crippen LogP contribution in [0.25, 0.3) is 0 Å². The number of likely N-dealkylation sites (tertiary alicyclic amines) is 1. The lowest BCUT2D eigenvalue weighted by Gasteiger charge is -2.36. The van der Waals surface area contributed by atoms with E-state index >= 15 is 0 Å². The normalized spacial score (nSPS) is 22.8. The van der Waals surface area contributed by atoms with Gasteiger partial charge in [0.05, 0.1) is 5.69 Å². The van der Waals surface area contributed by atoms with Crippen LogP contribution in [0.5, 0.6) is 0 Å². The van der Waals surface area contributed by atoms with Crippen molar-refractivity contribution in [3.05, 3.63) is 18.1 Å². The molecule has 1 aromatic rings. The number of piperidine rings is 1. The molecule has 3 rings (SSSR count). The SMILES string of the molecule is CNc1nccnc1CC1CCCN(C(=O)C2CCOCC2)C1. The van der Waals surface area contributed by atoms with E-state index in [1.165, 1.54) is 0 Å². The Balaban J connectivity index is 1.60. The van der Waals surface area contributed by atoms with E-state index in [9.17, 15) is 4.79 Å². The molecule has 0 spiro atoms. The maximum absolute atomic E-state index is 12.7. The zero-order chi connectivity index (χ0) is 16.1. The summed E-state index contributed by atoms with van der Waals surface area (Å²) >= 11 is 0. The van der Waals surface area contributed by atoms with E-state index in [1.807, 2.05) is 7.05 Å². The smallest absolute Gasteiger partial charge is 0.225 e. The largest absolute Gasteiger partial charge is 0.381 e. The van der Waals surface area contributed by atoms with Gasteiger partial charge in [0.25, 0.3) is 0 Å². The zero-order valence-corrected chi connectivity index (χ0v) is 13.8. The molecule has 126 valence electrons. The average molecular weight is 318 g/mol. The van der Waals surface area contributed by atoms with Crippen molar-refractivity contribution < 1.29 is 9.53 Å². The molecule has 1 amide bonds. The minimum Gasteiger partial charge on any atom is -0.381 e. The highest BCUT2D eigenvalue weighted by molar-refractivity contribution is 5.79. The van der Waals surface area contributed by atoms with Gasteiger partial charge in [-0.3, -0.25) is 9.78 Å². The third-order valence-electron chi connectivity index (χ3n) is 4.89. The minimum absolute atomic E-state index is 0.159. The summed E-state index contributed by atoms with van der Waals surface area (Å²) in [5.41, 5.74) is 1.00. The molecule has 1 N–H and O–H groups in total. The van der Waals surface area contributed by atoms with E-state index in [0.29, 0.717) is 11.8 Å². The summed E-state index contributed by atoms with van der Waals surface area (Å²) in [4.78, 5) is 23.6. The fraction of sp³-hybridized carbons (Fsp3) is 0.706. The summed E-state index contributed by atoms with van der Waals surface area (Å²) in [6.07, 6.45) is 8.29. The summed E-state index contributed by atoms with van der Waals surface area (Å²) in [5.74, 6) is 1.80. The van der Waals surface area contributed by atoms with Gasteiger partial charge >= 0.3 is 0 Å². The van der Waals surface area contributed by atoms with Crippen molar-refractivity contribution in [3.63, 3.8) is 0 Å². The van der Waals surface area contributed by atoms with E-state index in [4.69, 9.17) is 4.74 Å². The molecule has 0 aliphatic carbocycles. The number of rotatable bonds is 4. The molecule has 2 fully saturated rings. The molecule has 23 heavy (non-hydrogen) atoms. The van der Waals surface area contributed by atoms with Gasteiger partial charge in [-0.25, -0.2) is 4.98 Å². The molecular weight excluding hydrogens is 292 g/mol. The molecule has 1 atom stereocenters. The van der Waals surface area contributed by atoms with E-state index in [1.54, 1.807) is 12.4 Å². The first-order valence-corrected chi connectivity index (χ1v) is 8.62. The predicted molar refractivity (Wildman–Crippen MR) is 88.1 cm³/mol. The van der Waals surface area contributed by atoms with Crippen LogP contribution >= 0.6 is 0 Å². The summed E-state index contributed by atoms with van der Waals surface area (Å²) < 4.78 is 5.37. The third-order valence-corrected chi connectivity index (χ3v) is 4.89. The molecular formula is C17H26N4O2. The van der Waals surface area contributed by atoms with Crippen molar-refractivity contribution in [1.29, 1.82) is 0 Å². The van der Waals surface area contributed by atoms with Gasteiger partial charge in [-0.1, -0.05) is 0 Å². The van der Waals surface area contributed by atoms with Crippen molar-refractivity contribution in [1.82, 2.24) is 14.9 Å². The van der Waals surface area contributed by atoms with Crippen molar-refractivity contribution in [2.75, 3.05) is 38.7 Å².